The van der Waals surface area contributed by atoms with Crippen LogP contribution in [0.2, 0.25) is 0 Å². The summed E-state index contributed by atoms with van der Waals surface area (Å²) in [6.45, 7) is 1.95. The molecule has 150 valence electrons. The van der Waals surface area contributed by atoms with Gasteiger partial charge >= 0.3 is 0 Å². The summed E-state index contributed by atoms with van der Waals surface area (Å²) < 4.78 is 1.68. The first-order valence-corrected chi connectivity index (χ1v) is 10.7. The summed E-state index contributed by atoms with van der Waals surface area (Å²) in [4.78, 5) is 28.7. The molecule has 1 unspecified atom stereocenters. The van der Waals surface area contributed by atoms with Crippen molar-refractivity contribution in [2.24, 2.45) is 0 Å². The zero-order valence-electron chi connectivity index (χ0n) is 16.5. The molecule has 1 aromatic carbocycles. The van der Waals surface area contributed by atoms with Crippen LogP contribution >= 0.6 is 11.3 Å². The smallest absolute Gasteiger partial charge is 0.260 e. The highest BCUT2D eigenvalue weighted by molar-refractivity contribution is 7.13. The van der Waals surface area contributed by atoms with E-state index in [0.717, 1.165) is 36.2 Å². The van der Waals surface area contributed by atoms with Crippen LogP contribution in [-0.4, -0.2) is 30.6 Å². The van der Waals surface area contributed by atoms with Crippen LogP contribution in [0.4, 0.5) is 5.13 Å². The van der Waals surface area contributed by atoms with Crippen molar-refractivity contribution in [1.82, 2.24) is 24.7 Å². The monoisotopic (exact) mass is 416 g/mol. The van der Waals surface area contributed by atoms with E-state index in [1.807, 2.05) is 41.5 Å². The van der Waals surface area contributed by atoms with Crippen LogP contribution in [0.5, 0.6) is 0 Å². The molecule has 0 saturated carbocycles. The highest BCUT2D eigenvalue weighted by Gasteiger charge is 2.34. The lowest BCUT2D eigenvalue weighted by molar-refractivity contribution is 0.0972. The molecular weight excluding hydrogens is 396 g/mol. The molecule has 30 heavy (non-hydrogen) atoms. The van der Waals surface area contributed by atoms with Crippen LogP contribution in [0.25, 0.3) is 5.69 Å². The number of nitrogens with zero attached hydrogens (tertiary/aromatic N) is 6. The topological polar surface area (TPSA) is 76.8 Å². The Morgan fingerprint density at radius 3 is 2.93 bits per heavy atom. The van der Waals surface area contributed by atoms with E-state index in [-0.39, 0.29) is 11.9 Å². The van der Waals surface area contributed by atoms with Crippen molar-refractivity contribution in [3.05, 3.63) is 83.1 Å². The summed E-state index contributed by atoms with van der Waals surface area (Å²) in [6.07, 6.45) is 9.55. The number of anilines is 1. The van der Waals surface area contributed by atoms with E-state index in [1.54, 1.807) is 23.4 Å². The molecule has 0 spiro atoms. The minimum absolute atomic E-state index is 0.0592. The van der Waals surface area contributed by atoms with E-state index < -0.39 is 0 Å². The highest BCUT2D eigenvalue weighted by atomic mass is 32.1. The third-order valence-corrected chi connectivity index (χ3v) is 6.22. The predicted molar refractivity (Wildman–Crippen MR) is 115 cm³/mol. The van der Waals surface area contributed by atoms with Crippen LogP contribution in [0, 0.1) is 6.92 Å². The molecule has 0 fully saturated rings. The van der Waals surface area contributed by atoms with Gasteiger partial charge in [-0.2, -0.15) is 5.10 Å². The molecule has 0 N–H and O–H groups in total. The lowest BCUT2D eigenvalue weighted by atomic mass is 9.90. The van der Waals surface area contributed by atoms with Gasteiger partial charge in [0.1, 0.15) is 12.7 Å². The first kappa shape index (κ1) is 18.6. The number of hydrogen-bond acceptors (Lipinski definition) is 6. The quantitative estimate of drug-likeness (QED) is 0.499. The van der Waals surface area contributed by atoms with Crippen molar-refractivity contribution in [2.45, 2.75) is 32.2 Å². The number of fused-ring (bicyclic) bond motifs is 1. The van der Waals surface area contributed by atoms with Crippen molar-refractivity contribution in [3.63, 3.8) is 0 Å². The summed E-state index contributed by atoms with van der Waals surface area (Å²) in [6, 6.07) is 9.65. The molecule has 1 aliphatic carbocycles. The SMILES string of the molecule is Cc1cc(-n2cncn2)ccc1C(=O)N(c1nccs1)C1CCCc2cccnc21. The van der Waals surface area contributed by atoms with Gasteiger partial charge in [-0.25, -0.2) is 14.6 Å². The number of rotatable bonds is 4. The van der Waals surface area contributed by atoms with Gasteiger partial charge in [-0.1, -0.05) is 6.07 Å². The summed E-state index contributed by atoms with van der Waals surface area (Å²) in [5.41, 5.74) is 4.58. The van der Waals surface area contributed by atoms with E-state index in [0.29, 0.717) is 10.7 Å². The Hall–Kier alpha value is -3.39. The van der Waals surface area contributed by atoms with Gasteiger partial charge in [-0.05, 0) is 61.6 Å². The fourth-order valence-corrected chi connectivity index (χ4v) is 4.72. The molecule has 1 amide bonds. The second-order valence-electron chi connectivity index (χ2n) is 7.28. The summed E-state index contributed by atoms with van der Waals surface area (Å²) in [5, 5.41) is 6.77. The first-order valence-electron chi connectivity index (χ1n) is 9.85. The largest absolute Gasteiger partial charge is 0.275 e. The van der Waals surface area contributed by atoms with Crippen molar-refractivity contribution < 1.29 is 4.79 Å². The Bertz CT molecular complexity index is 1170. The van der Waals surface area contributed by atoms with Gasteiger partial charge in [0.25, 0.3) is 5.91 Å². The Kier molecular flexibility index (Phi) is 4.84. The summed E-state index contributed by atoms with van der Waals surface area (Å²) in [5.74, 6) is -0.0592. The zero-order chi connectivity index (χ0) is 20.5. The fourth-order valence-electron chi connectivity index (χ4n) is 4.03. The number of amides is 1. The molecule has 5 rings (SSSR count). The van der Waals surface area contributed by atoms with Gasteiger partial charge in [0.2, 0.25) is 0 Å². The fraction of sp³-hybridized carbons (Fsp3) is 0.227. The third kappa shape index (κ3) is 3.29. The number of benzene rings is 1. The van der Waals surface area contributed by atoms with Crippen LogP contribution < -0.4 is 4.90 Å². The molecule has 1 atom stereocenters. The number of carbonyl (C=O) groups excluding carboxylic acids is 1. The van der Waals surface area contributed by atoms with Crippen molar-refractivity contribution >= 4 is 22.4 Å². The number of carbonyl (C=O) groups is 1. The number of pyridine rings is 1. The highest BCUT2D eigenvalue weighted by Crippen LogP contribution is 2.38. The van der Waals surface area contributed by atoms with Gasteiger partial charge in [0.15, 0.2) is 5.13 Å². The maximum absolute atomic E-state index is 13.8. The third-order valence-electron chi connectivity index (χ3n) is 5.44. The van der Waals surface area contributed by atoms with Gasteiger partial charge in [0.05, 0.1) is 17.4 Å². The number of thiazole rings is 1. The number of aryl methyl sites for hydroxylation is 2. The first-order chi connectivity index (χ1) is 14.7. The van der Waals surface area contributed by atoms with Gasteiger partial charge in [-0.3, -0.25) is 14.7 Å². The molecule has 0 aliphatic heterocycles. The van der Waals surface area contributed by atoms with E-state index in [9.17, 15) is 4.79 Å². The maximum Gasteiger partial charge on any atom is 0.260 e. The van der Waals surface area contributed by atoms with E-state index in [2.05, 4.69) is 26.1 Å². The molecule has 7 nitrogen and oxygen atoms in total. The minimum atomic E-state index is -0.122. The Balaban J connectivity index is 1.56. The van der Waals surface area contributed by atoms with E-state index in [1.165, 1.54) is 23.2 Å². The van der Waals surface area contributed by atoms with Crippen LogP contribution in [0.15, 0.2) is 60.8 Å². The summed E-state index contributed by atoms with van der Waals surface area (Å²) in [7, 11) is 0. The average Bonchev–Trinajstić information content (AvgIpc) is 3.49. The molecule has 0 saturated heterocycles. The van der Waals surface area contributed by atoms with Crippen molar-refractivity contribution in [2.75, 3.05) is 4.90 Å². The van der Waals surface area contributed by atoms with Gasteiger partial charge in [-0.15, -0.1) is 11.3 Å². The van der Waals surface area contributed by atoms with E-state index in [4.69, 9.17) is 0 Å². The second kappa shape index (κ2) is 7.79. The Labute approximate surface area is 178 Å². The van der Waals surface area contributed by atoms with E-state index >= 15 is 0 Å². The molecule has 0 bridgehead atoms. The molecule has 4 aromatic rings. The minimum Gasteiger partial charge on any atom is -0.275 e. The normalized spacial score (nSPS) is 15.6. The molecule has 3 aromatic heterocycles. The average molecular weight is 417 g/mol. The predicted octanol–water partition coefficient (Wildman–Crippen LogP) is 4.15. The van der Waals surface area contributed by atoms with Crippen LogP contribution in [0.3, 0.4) is 0 Å². The second-order valence-corrected chi connectivity index (χ2v) is 8.16. The van der Waals surface area contributed by atoms with Crippen molar-refractivity contribution in [1.29, 1.82) is 0 Å². The maximum atomic E-state index is 13.8. The molecular formula is C22H20N6OS. The number of hydrogen-bond donors (Lipinski definition) is 0. The summed E-state index contributed by atoms with van der Waals surface area (Å²) >= 11 is 1.47. The molecule has 8 heteroatoms. The Morgan fingerprint density at radius 2 is 2.17 bits per heavy atom. The molecule has 1 aliphatic rings. The Morgan fingerprint density at radius 1 is 1.23 bits per heavy atom. The van der Waals surface area contributed by atoms with Gasteiger partial charge < -0.3 is 0 Å². The zero-order valence-corrected chi connectivity index (χ0v) is 17.3. The lowest BCUT2D eigenvalue weighted by Crippen LogP contribution is -2.37. The van der Waals surface area contributed by atoms with Gasteiger partial charge in [0, 0.05) is 23.3 Å². The number of aromatic nitrogens is 5. The standard InChI is InChI=1S/C22H20N6OS/c1-15-12-17(27-14-23-13-26-27)7-8-18(15)21(29)28(22-25-10-11-30-22)19-6-2-4-16-5-3-9-24-20(16)19/h3,5,7-14,19H,2,4,6H2,1H3. The van der Waals surface area contributed by atoms with Crippen LogP contribution in [-0.2, 0) is 6.42 Å². The van der Waals surface area contributed by atoms with Crippen molar-refractivity contribution in [3.8, 4) is 5.69 Å². The molecule has 3 heterocycles. The molecule has 0 radical (unpaired) electrons. The van der Waals surface area contributed by atoms with Crippen LogP contribution in [0.1, 0.15) is 46.1 Å². The lowest BCUT2D eigenvalue weighted by Gasteiger charge is -2.33.